The lowest BCUT2D eigenvalue weighted by Crippen LogP contribution is -1.91. The first-order valence-corrected chi connectivity index (χ1v) is 5.71. The standard InChI is InChI=1S/C12H10Cl2N2O/c1-7-5-8(3-4-10(7)17-2)9-6-11(13)15-16-12(9)14/h3-6H,1-2H3. The van der Waals surface area contributed by atoms with Crippen LogP contribution in [0.1, 0.15) is 5.56 Å². The maximum absolute atomic E-state index is 5.99. The monoisotopic (exact) mass is 268 g/mol. The highest BCUT2D eigenvalue weighted by Crippen LogP contribution is 2.30. The molecule has 0 saturated carbocycles. The molecule has 1 heterocycles. The number of aromatic nitrogens is 2. The van der Waals surface area contributed by atoms with Gasteiger partial charge in [-0.15, -0.1) is 10.2 Å². The van der Waals surface area contributed by atoms with Crippen molar-refractivity contribution in [2.24, 2.45) is 0 Å². The van der Waals surface area contributed by atoms with Gasteiger partial charge in [0.25, 0.3) is 0 Å². The molecule has 1 aromatic heterocycles. The van der Waals surface area contributed by atoms with E-state index in [1.54, 1.807) is 13.2 Å². The Balaban J connectivity index is 2.53. The highest BCUT2D eigenvalue weighted by molar-refractivity contribution is 6.33. The van der Waals surface area contributed by atoms with Crippen LogP contribution in [0.5, 0.6) is 5.75 Å². The van der Waals surface area contributed by atoms with Crippen molar-refractivity contribution in [1.82, 2.24) is 10.2 Å². The summed E-state index contributed by atoms with van der Waals surface area (Å²) in [7, 11) is 1.64. The van der Waals surface area contributed by atoms with Gasteiger partial charge in [0.1, 0.15) is 5.75 Å². The number of benzene rings is 1. The van der Waals surface area contributed by atoms with Gasteiger partial charge < -0.3 is 4.74 Å². The lowest BCUT2D eigenvalue weighted by Gasteiger charge is -2.08. The van der Waals surface area contributed by atoms with Crippen LogP contribution in [-0.4, -0.2) is 17.3 Å². The molecular weight excluding hydrogens is 259 g/mol. The van der Waals surface area contributed by atoms with E-state index in [4.69, 9.17) is 27.9 Å². The molecule has 0 unspecified atom stereocenters. The number of methoxy groups -OCH3 is 1. The topological polar surface area (TPSA) is 35.0 Å². The molecule has 0 N–H and O–H groups in total. The second-order valence-corrected chi connectivity index (χ2v) is 4.30. The van der Waals surface area contributed by atoms with Crippen molar-refractivity contribution in [3.05, 3.63) is 40.1 Å². The number of ether oxygens (including phenoxy) is 1. The Hall–Kier alpha value is -1.32. The smallest absolute Gasteiger partial charge is 0.159 e. The van der Waals surface area contributed by atoms with Crippen LogP contribution in [0.4, 0.5) is 0 Å². The van der Waals surface area contributed by atoms with Gasteiger partial charge in [-0.3, -0.25) is 0 Å². The lowest BCUT2D eigenvalue weighted by atomic mass is 10.1. The van der Waals surface area contributed by atoms with Crippen molar-refractivity contribution in [3.8, 4) is 16.9 Å². The summed E-state index contributed by atoms with van der Waals surface area (Å²) in [5.74, 6) is 0.831. The van der Waals surface area contributed by atoms with E-state index in [1.165, 1.54) is 0 Å². The summed E-state index contributed by atoms with van der Waals surface area (Å²) >= 11 is 11.8. The predicted molar refractivity (Wildman–Crippen MR) is 68.8 cm³/mol. The van der Waals surface area contributed by atoms with Crippen LogP contribution < -0.4 is 4.74 Å². The second-order valence-electron chi connectivity index (χ2n) is 3.56. The average molecular weight is 269 g/mol. The Labute approximate surface area is 109 Å². The number of hydrogen-bond donors (Lipinski definition) is 0. The summed E-state index contributed by atoms with van der Waals surface area (Å²) < 4.78 is 5.20. The molecule has 0 spiro atoms. The van der Waals surface area contributed by atoms with E-state index in [9.17, 15) is 0 Å². The normalized spacial score (nSPS) is 10.4. The zero-order valence-electron chi connectivity index (χ0n) is 9.37. The van der Waals surface area contributed by atoms with Gasteiger partial charge in [-0.2, -0.15) is 0 Å². The van der Waals surface area contributed by atoms with Crippen LogP contribution >= 0.6 is 23.2 Å². The van der Waals surface area contributed by atoms with Crippen LogP contribution in [0.25, 0.3) is 11.1 Å². The molecule has 1 aromatic carbocycles. The van der Waals surface area contributed by atoms with Crippen LogP contribution in [-0.2, 0) is 0 Å². The first-order valence-electron chi connectivity index (χ1n) is 4.95. The number of halogens is 2. The minimum absolute atomic E-state index is 0.317. The molecule has 2 rings (SSSR count). The van der Waals surface area contributed by atoms with Gasteiger partial charge in [0, 0.05) is 5.56 Å². The van der Waals surface area contributed by atoms with Crippen molar-refractivity contribution in [1.29, 1.82) is 0 Å². The van der Waals surface area contributed by atoms with Gasteiger partial charge in [-0.05, 0) is 36.2 Å². The second kappa shape index (κ2) is 4.90. The molecule has 0 saturated heterocycles. The Morgan fingerprint density at radius 1 is 1.12 bits per heavy atom. The first-order chi connectivity index (χ1) is 8.11. The van der Waals surface area contributed by atoms with E-state index < -0.39 is 0 Å². The third kappa shape index (κ3) is 2.51. The van der Waals surface area contributed by atoms with E-state index in [-0.39, 0.29) is 0 Å². The van der Waals surface area contributed by atoms with Crippen molar-refractivity contribution >= 4 is 23.2 Å². The lowest BCUT2D eigenvalue weighted by molar-refractivity contribution is 0.412. The maximum atomic E-state index is 5.99. The fourth-order valence-corrected chi connectivity index (χ4v) is 1.95. The summed E-state index contributed by atoms with van der Waals surface area (Å²) in [6.45, 7) is 1.96. The predicted octanol–water partition coefficient (Wildman–Crippen LogP) is 3.77. The van der Waals surface area contributed by atoms with Gasteiger partial charge >= 0.3 is 0 Å². The zero-order chi connectivity index (χ0) is 12.4. The molecule has 3 nitrogen and oxygen atoms in total. The van der Waals surface area contributed by atoms with Crippen molar-refractivity contribution in [3.63, 3.8) is 0 Å². The summed E-state index contributed by atoms with van der Waals surface area (Å²) in [6, 6.07) is 7.45. The number of nitrogens with zero attached hydrogens (tertiary/aromatic N) is 2. The molecule has 17 heavy (non-hydrogen) atoms. The first kappa shape index (κ1) is 12.1. The molecule has 0 aliphatic rings. The molecule has 0 aliphatic heterocycles. The zero-order valence-corrected chi connectivity index (χ0v) is 10.9. The third-order valence-corrected chi connectivity index (χ3v) is 2.89. The Kier molecular flexibility index (Phi) is 3.50. The molecule has 0 aliphatic carbocycles. The number of rotatable bonds is 2. The minimum Gasteiger partial charge on any atom is -0.496 e. The largest absolute Gasteiger partial charge is 0.496 e. The summed E-state index contributed by atoms with van der Waals surface area (Å²) in [5.41, 5.74) is 2.72. The van der Waals surface area contributed by atoms with E-state index in [0.29, 0.717) is 10.3 Å². The summed E-state index contributed by atoms with van der Waals surface area (Å²) in [4.78, 5) is 0. The molecule has 2 aromatic rings. The van der Waals surface area contributed by atoms with Crippen LogP contribution in [0, 0.1) is 6.92 Å². The molecule has 0 radical (unpaired) electrons. The van der Waals surface area contributed by atoms with Crippen LogP contribution in [0.15, 0.2) is 24.3 Å². The molecule has 0 bridgehead atoms. The highest BCUT2D eigenvalue weighted by Gasteiger charge is 2.08. The molecule has 0 amide bonds. The molecular formula is C12H10Cl2N2O. The Bertz CT molecular complexity index is 558. The van der Waals surface area contributed by atoms with E-state index in [0.717, 1.165) is 22.4 Å². The molecule has 5 heteroatoms. The van der Waals surface area contributed by atoms with Crippen LogP contribution in [0.3, 0.4) is 0 Å². The third-order valence-electron chi connectivity index (χ3n) is 2.42. The van der Waals surface area contributed by atoms with E-state index >= 15 is 0 Å². The fourth-order valence-electron chi connectivity index (χ4n) is 1.60. The van der Waals surface area contributed by atoms with Crippen LogP contribution in [0.2, 0.25) is 10.3 Å². The van der Waals surface area contributed by atoms with Gasteiger partial charge in [0.15, 0.2) is 10.3 Å². The SMILES string of the molecule is COc1ccc(-c2cc(Cl)nnc2Cl)cc1C. The summed E-state index contributed by atoms with van der Waals surface area (Å²) in [6.07, 6.45) is 0. The minimum atomic E-state index is 0.317. The van der Waals surface area contributed by atoms with Crippen molar-refractivity contribution in [2.75, 3.05) is 7.11 Å². The number of hydrogen-bond acceptors (Lipinski definition) is 3. The average Bonchev–Trinajstić information content (AvgIpc) is 2.32. The molecule has 0 atom stereocenters. The quantitative estimate of drug-likeness (QED) is 0.832. The Morgan fingerprint density at radius 2 is 1.88 bits per heavy atom. The Morgan fingerprint density at radius 3 is 2.53 bits per heavy atom. The summed E-state index contributed by atoms with van der Waals surface area (Å²) in [5, 5.41) is 8.11. The van der Waals surface area contributed by atoms with Crippen molar-refractivity contribution in [2.45, 2.75) is 6.92 Å². The van der Waals surface area contributed by atoms with Gasteiger partial charge in [0.05, 0.1) is 7.11 Å². The highest BCUT2D eigenvalue weighted by atomic mass is 35.5. The molecule has 88 valence electrons. The van der Waals surface area contributed by atoms with Gasteiger partial charge in [-0.1, -0.05) is 29.3 Å². The van der Waals surface area contributed by atoms with Gasteiger partial charge in [0.2, 0.25) is 0 Å². The van der Waals surface area contributed by atoms with E-state index in [2.05, 4.69) is 10.2 Å². The fraction of sp³-hybridized carbons (Fsp3) is 0.167. The van der Waals surface area contributed by atoms with Crippen molar-refractivity contribution < 1.29 is 4.74 Å². The number of aryl methyl sites for hydroxylation is 1. The van der Waals surface area contributed by atoms with E-state index in [1.807, 2.05) is 25.1 Å². The molecule has 0 fully saturated rings. The maximum Gasteiger partial charge on any atom is 0.159 e. The van der Waals surface area contributed by atoms with Gasteiger partial charge in [-0.25, -0.2) is 0 Å².